The van der Waals surface area contributed by atoms with Gasteiger partial charge in [0, 0.05) is 6.07 Å². The predicted octanol–water partition coefficient (Wildman–Crippen LogP) is 4.36. The largest absolute Gasteiger partial charge is 0.490 e. The first-order chi connectivity index (χ1) is 11.7. The first-order valence-electron chi connectivity index (χ1n) is 8.08. The van der Waals surface area contributed by atoms with Gasteiger partial charge in [-0.3, -0.25) is 0 Å². The van der Waals surface area contributed by atoms with Gasteiger partial charge in [-0.25, -0.2) is 8.42 Å². The van der Waals surface area contributed by atoms with E-state index in [9.17, 15) is 8.42 Å². The van der Waals surface area contributed by atoms with Crippen LogP contribution in [0.25, 0.3) is 0 Å². The minimum atomic E-state index is -3.65. The van der Waals surface area contributed by atoms with Crippen molar-refractivity contribution >= 4 is 25.8 Å². The molecule has 0 N–H and O–H groups in total. The van der Waals surface area contributed by atoms with Crippen molar-refractivity contribution in [3.05, 3.63) is 52.5 Å². The highest BCUT2D eigenvalue weighted by Gasteiger charge is 2.28. The Morgan fingerprint density at radius 2 is 1.88 bits per heavy atom. The van der Waals surface area contributed by atoms with Gasteiger partial charge in [-0.2, -0.15) is 0 Å². The fourth-order valence-electron chi connectivity index (χ4n) is 2.56. The maximum absolute atomic E-state index is 13.2. The van der Waals surface area contributed by atoms with Crippen LogP contribution in [0.15, 0.2) is 56.7 Å². The van der Waals surface area contributed by atoms with Crippen LogP contribution in [0.2, 0.25) is 0 Å². The summed E-state index contributed by atoms with van der Waals surface area (Å²) in [6, 6.07) is 12.0. The number of benzene rings is 2. The molecule has 2 aromatic rings. The van der Waals surface area contributed by atoms with E-state index in [1.165, 1.54) is 0 Å². The van der Waals surface area contributed by atoms with Gasteiger partial charge in [0.05, 0.1) is 20.9 Å². The summed E-state index contributed by atoms with van der Waals surface area (Å²) in [6.07, 6.45) is 0.105. The minimum absolute atomic E-state index is 0.105. The molecule has 25 heavy (non-hydrogen) atoms. The van der Waals surface area contributed by atoms with Crippen LogP contribution in [0.4, 0.5) is 0 Å². The van der Waals surface area contributed by atoms with Crippen molar-refractivity contribution in [2.24, 2.45) is 0 Å². The van der Waals surface area contributed by atoms with Crippen LogP contribution < -0.4 is 4.74 Å². The molecule has 134 valence electrons. The van der Waals surface area contributed by atoms with E-state index < -0.39 is 9.84 Å². The molecule has 0 radical (unpaired) electrons. The Morgan fingerprint density at radius 1 is 1.20 bits per heavy atom. The zero-order valence-electron chi connectivity index (χ0n) is 14.5. The number of rotatable bonds is 5. The van der Waals surface area contributed by atoms with Crippen molar-refractivity contribution in [1.82, 2.24) is 0 Å². The van der Waals surface area contributed by atoms with Crippen LogP contribution >= 0.6 is 15.9 Å². The summed E-state index contributed by atoms with van der Waals surface area (Å²) in [7, 11) is -3.65. The van der Waals surface area contributed by atoms with Gasteiger partial charge in [-0.15, -0.1) is 0 Å². The standard InChI is InChI=1S/C19H21BrO4S/c1-19(2,3)15-6-4-5-7-18(15)25(21,22)14-8-9-16(20)17(10-14)24-12-13-11-23-13/h4-10,13H,11-12H2,1-3H3. The summed E-state index contributed by atoms with van der Waals surface area (Å²) in [5.74, 6) is 0.504. The molecule has 0 aromatic heterocycles. The molecule has 3 rings (SSSR count). The quantitative estimate of drug-likeness (QED) is 0.669. The normalized spacial score (nSPS) is 17.4. The number of sulfone groups is 1. The van der Waals surface area contributed by atoms with Crippen molar-refractivity contribution in [2.75, 3.05) is 13.2 Å². The van der Waals surface area contributed by atoms with Crippen LogP contribution in [0.3, 0.4) is 0 Å². The number of halogens is 1. The maximum Gasteiger partial charge on any atom is 0.207 e. The molecule has 0 amide bonds. The molecule has 4 nitrogen and oxygen atoms in total. The van der Waals surface area contributed by atoms with Crippen LogP contribution in [0, 0.1) is 0 Å². The lowest BCUT2D eigenvalue weighted by atomic mass is 9.87. The smallest absolute Gasteiger partial charge is 0.207 e. The van der Waals surface area contributed by atoms with Crippen molar-refractivity contribution in [3.8, 4) is 5.75 Å². The van der Waals surface area contributed by atoms with Gasteiger partial charge in [0.25, 0.3) is 0 Å². The Labute approximate surface area is 157 Å². The third-order valence-corrected chi connectivity index (χ3v) is 6.49. The third kappa shape index (κ3) is 4.07. The highest BCUT2D eigenvalue weighted by Crippen LogP contribution is 2.35. The van der Waals surface area contributed by atoms with Gasteiger partial charge in [0.2, 0.25) is 9.84 Å². The van der Waals surface area contributed by atoms with E-state index in [2.05, 4.69) is 15.9 Å². The Morgan fingerprint density at radius 3 is 2.52 bits per heavy atom. The third-order valence-electron chi connectivity index (χ3n) is 4.02. The van der Waals surface area contributed by atoms with E-state index >= 15 is 0 Å². The monoisotopic (exact) mass is 424 g/mol. The molecule has 0 spiro atoms. The zero-order valence-corrected chi connectivity index (χ0v) is 16.9. The molecule has 1 saturated heterocycles. The SMILES string of the molecule is CC(C)(C)c1ccccc1S(=O)(=O)c1ccc(Br)c(OCC2CO2)c1. The molecular formula is C19H21BrO4S. The highest BCUT2D eigenvalue weighted by molar-refractivity contribution is 9.10. The molecule has 6 heteroatoms. The van der Waals surface area contributed by atoms with E-state index in [1.807, 2.05) is 32.9 Å². The Kier molecular flexibility index (Phi) is 4.97. The van der Waals surface area contributed by atoms with Crippen molar-refractivity contribution in [2.45, 2.75) is 42.1 Å². The van der Waals surface area contributed by atoms with E-state index in [4.69, 9.17) is 9.47 Å². The first-order valence-corrected chi connectivity index (χ1v) is 10.4. The van der Waals surface area contributed by atoms with E-state index in [0.29, 0.717) is 23.9 Å². The molecule has 1 heterocycles. The van der Waals surface area contributed by atoms with Gasteiger partial charge in [0.1, 0.15) is 18.5 Å². The molecule has 1 aliphatic rings. The van der Waals surface area contributed by atoms with E-state index in [0.717, 1.165) is 10.0 Å². The predicted molar refractivity (Wildman–Crippen MR) is 100.0 cm³/mol. The second kappa shape index (κ2) is 6.74. The topological polar surface area (TPSA) is 55.9 Å². The number of hydrogen-bond acceptors (Lipinski definition) is 4. The molecule has 0 aliphatic carbocycles. The lowest BCUT2D eigenvalue weighted by Gasteiger charge is -2.22. The Bertz CT molecular complexity index is 881. The van der Waals surface area contributed by atoms with Crippen LogP contribution in [-0.4, -0.2) is 27.7 Å². The average molecular weight is 425 g/mol. The molecule has 1 unspecified atom stereocenters. The Balaban J connectivity index is 2.02. The van der Waals surface area contributed by atoms with E-state index in [-0.39, 0.29) is 16.4 Å². The fraction of sp³-hybridized carbons (Fsp3) is 0.368. The van der Waals surface area contributed by atoms with Gasteiger partial charge < -0.3 is 9.47 Å². The van der Waals surface area contributed by atoms with Gasteiger partial charge in [0.15, 0.2) is 0 Å². The zero-order chi connectivity index (χ0) is 18.2. The summed E-state index contributed by atoms with van der Waals surface area (Å²) in [5, 5.41) is 0. The van der Waals surface area contributed by atoms with Crippen LogP contribution in [0.1, 0.15) is 26.3 Å². The van der Waals surface area contributed by atoms with Gasteiger partial charge in [-0.1, -0.05) is 39.0 Å². The van der Waals surface area contributed by atoms with Crippen molar-refractivity contribution in [3.63, 3.8) is 0 Å². The summed E-state index contributed by atoms with van der Waals surface area (Å²) < 4.78 is 38.0. The van der Waals surface area contributed by atoms with Crippen LogP contribution in [-0.2, 0) is 20.0 Å². The second-order valence-corrected chi connectivity index (χ2v) is 9.88. The lowest BCUT2D eigenvalue weighted by molar-refractivity contribution is 0.261. The Hall–Kier alpha value is -1.37. The van der Waals surface area contributed by atoms with Gasteiger partial charge >= 0.3 is 0 Å². The molecule has 1 aliphatic heterocycles. The number of hydrogen-bond donors (Lipinski definition) is 0. The molecule has 0 bridgehead atoms. The fourth-order valence-corrected chi connectivity index (χ4v) is 4.60. The second-order valence-electron chi connectivity index (χ2n) is 7.11. The lowest BCUT2D eigenvalue weighted by Crippen LogP contribution is -2.17. The molecule has 0 saturated carbocycles. The van der Waals surface area contributed by atoms with Gasteiger partial charge in [-0.05, 0) is 45.1 Å². The first kappa shape index (κ1) is 18.4. The van der Waals surface area contributed by atoms with E-state index in [1.54, 1.807) is 30.3 Å². The van der Waals surface area contributed by atoms with Crippen molar-refractivity contribution in [1.29, 1.82) is 0 Å². The minimum Gasteiger partial charge on any atom is -0.490 e. The molecule has 1 fully saturated rings. The summed E-state index contributed by atoms with van der Waals surface area (Å²) in [4.78, 5) is 0.556. The number of epoxide rings is 1. The van der Waals surface area contributed by atoms with Crippen LogP contribution in [0.5, 0.6) is 5.75 Å². The molecule has 2 aromatic carbocycles. The average Bonchev–Trinajstić information content (AvgIpc) is 3.37. The highest BCUT2D eigenvalue weighted by atomic mass is 79.9. The summed E-state index contributed by atoms with van der Waals surface area (Å²) >= 11 is 3.41. The molecule has 1 atom stereocenters. The number of ether oxygens (including phenoxy) is 2. The summed E-state index contributed by atoms with van der Waals surface area (Å²) in [5.41, 5.74) is 0.522. The summed E-state index contributed by atoms with van der Waals surface area (Å²) in [6.45, 7) is 7.13. The maximum atomic E-state index is 13.2. The molecular weight excluding hydrogens is 404 g/mol. The van der Waals surface area contributed by atoms with Crippen molar-refractivity contribution < 1.29 is 17.9 Å².